The third kappa shape index (κ3) is 1.25. The first-order valence-corrected chi connectivity index (χ1v) is 4.48. The van der Waals surface area contributed by atoms with E-state index in [2.05, 4.69) is 15.3 Å². The van der Waals surface area contributed by atoms with Crippen molar-refractivity contribution >= 4 is 11.3 Å². The van der Waals surface area contributed by atoms with E-state index in [1.54, 1.807) is 12.5 Å². The van der Waals surface area contributed by atoms with Gasteiger partial charge in [-0.1, -0.05) is 6.92 Å². The molecule has 0 aromatic carbocycles. The Morgan fingerprint density at radius 2 is 2.58 bits per heavy atom. The van der Waals surface area contributed by atoms with Crippen molar-refractivity contribution in [2.24, 2.45) is 0 Å². The fourth-order valence-electron chi connectivity index (χ4n) is 0.883. The highest BCUT2D eigenvalue weighted by Gasteiger charge is 2.05. The molecule has 1 radical (unpaired) electrons. The monoisotopic (exact) mass is 179 g/mol. The minimum atomic E-state index is 0.750. The van der Waals surface area contributed by atoms with Gasteiger partial charge in [0.2, 0.25) is 0 Å². The van der Waals surface area contributed by atoms with Gasteiger partial charge in [-0.3, -0.25) is 0 Å². The van der Waals surface area contributed by atoms with Gasteiger partial charge in [0.25, 0.3) is 0 Å². The van der Waals surface area contributed by atoms with E-state index in [9.17, 15) is 0 Å². The maximum Gasteiger partial charge on any atom is 0.194 e. The molecule has 2 heterocycles. The SMILES string of the molecule is CCc1nc(-c2nc[c]s2)co1. The van der Waals surface area contributed by atoms with Crippen LogP contribution in [0.25, 0.3) is 10.7 Å². The average molecular weight is 179 g/mol. The highest BCUT2D eigenvalue weighted by Crippen LogP contribution is 2.20. The Hall–Kier alpha value is -1.16. The largest absolute Gasteiger partial charge is 0.448 e. The van der Waals surface area contributed by atoms with E-state index in [0.717, 1.165) is 23.0 Å². The molecule has 3 nitrogen and oxygen atoms in total. The Balaban J connectivity index is 2.35. The lowest BCUT2D eigenvalue weighted by Gasteiger charge is -1.82. The molecule has 0 saturated carbocycles. The van der Waals surface area contributed by atoms with Crippen molar-refractivity contribution in [3.63, 3.8) is 0 Å². The van der Waals surface area contributed by atoms with E-state index >= 15 is 0 Å². The predicted octanol–water partition coefficient (Wildman–Crippen LogP) is 2.16. The lowest BCUT2D eigenvalue weighted by atomic mass is 10.5. The summed E-state index contributed by atoms with van der Waals surface area (Å²) in [5.41, 5.74) is 0.804. The van der Waals surface area contributed by atoms with Gasteiger partial charge < -0.3 is 4.42 Å². The van der Waals surface area contributed by atoms with Crippen LogP contribution in [0.1, 0.15) is 12.8 Å². The molecule has 61 valence electrons. The van der Waals surface area contributed by atoms with Crippen molar-refractivity contribution in [3.8, 4) is 10.7 Å². The molecule has 12 heavy (non-hydrogen) atoms. The molecule has 0 bridgehead atoms. The fourth-order valence-corrected chi connectivity index (χ4v) is 1.40. The van der Waals surface area contributed by atoms with Crippen LogP contribution in [0.4, 0.5) is 0 Å². The Kier molecular flexibility index (Phi) is 1.91. The zero-order chi connectivity index (χ0) is 8.39. The molecule has 0 spiro atoms. The molecule has 0 aliphatic carbocycles. The molecular formula is C8H7N2OS. The molecule has 2 rings (SSSR count). The van der Waals surface area contributed by atoms with Crippen LogP contribution in [0.2, 0.25) is 0 Å². The van der Waals surface area contributed by atoms with Gasteiger partial charge >= 0.3 is 0 Å². The quantitative estimate of drug-likeness (QED) is 0.709. The van der Waals surface area contributed by atoms with E-state index in [1.165, 1.54) is 11.3 Å². The summed E-state index contributed by atoms with van der Waals surface area (Å²) in [6.07, 6.45) is 4.08. The molecule has 0 aliphatic rings. The first kappa shape index (κ1) is 7.49. The van der Waals surface area contributed by atoms with Crippen molar-refractivity contribution in [2.75, 3.05) is 0 Å². The van der Waals surface area contributed by atoms with E-state index in [-0.39, 0.29) is 0 Å². The van der Waals surface area contributed by atoms with Crippen LogP contribution in [0.15, 0.2) is 16.9 Å². The second-order valence-corrected chi connectivity index (χ2v) is 3.09. The first-order valence-electron chi connectivity index (χ1n) is 3.67. The molecule has 0 fully saturated rings. The number of aromatic nitrogens is 2. The summed E-state index contributed by atoms with van der Waals surface area (Å²) in [5, 5.41) is 3.76. The van der Waals surface area contributed by atoms with E-state index in [4.69, 9.17) is 4.42 Å². The van der Waals surface area contributed by atoms with Crippen molar-refractivity contribution in [1.82, 2.24) is 9.97 Å². The highest BCUT2D eigenvalue weighted by molar-refractivity contribution is 7.12. The fraction of sp³-hybridized carbons (Fsp3) is 0.250. The minimum Gasteiger partial charge on any atom is -0.448 e. The molecule has 0 N–H and O–H groups in total. The molecule has 0 saturated heterocycles. The second-order valence-electron chi connectivity index (χ2n) is 2.26. The van der Waals surface area contributed by atoms with Gasteiger partial charge in [0.1, 0.15) is 17.0 Å². The number of hydrogen-bond acceptors (Lipinski definition) is 4. The van der Waals surface area contributed by atoms with Gasteiger partial charge in [0.15, 0.2) is 5.89 Å². The van der Waals surface area contributed by atoms with Crippen LogP contribution in [-0.4, -0.2) is 9.97 Å². The number of thiazole rings is 1. The third-order valence-electron chi connectivity index (χ3n) is 1.46. The predicted molar refractivity (Wildman–Crippen MR) is 45.8 cm³/mol. The Morgan fingerprint density at radius 3 is 3.17 bits per heavy atom. The van der Waals surface area contributed by atoms with Gasteiger partial charge in [-0.25, -0.2) is 9.97 Å². The van der Waals surface area contributed by atoms with Gasteiger partial charge in [0.05, 0.1) is 5.38 Å². The molecule has 4 heteroatoms. The van der Waals surface area contributed by atoms with Crippen LogP contribution in [0.5, 0.6) is 0 Å². The van der Waals surface area contributed by atoms with Crippen LogP contribution in [0, 0.1) is 5.38 Å². The lowest BCUT2D eigenvalue weighted by Crippen LogP contribution is -1.79. The van der Waals surface area contributed by atoms with Crippen LogP contribution in [-0.2, 0) is 6.42 Å². The summed E-state index contributed by atoms with van der Waals surface area (Å²) in [5.74, 6) is 0.750. The maximum absolute atomic E-state index is 5.18. The summed E-state index contributed by atoms with van der Waals surface area (Å²) >= 11 is 1.44. The number of hydrogen-bond donors (Lipinski definition) is 0. The van der Waals surface area contributed by atoms with Gasteiger partial charge in [-0.05, 0) is 0 Å². The summed E-state index contributed by atoms with van der Waals surface area (Å²) in [6.45, 7) is 2.00. The van der Waals surface area contributed by atoms with E-state index in [0.29, 0.717) is 0 Å². The van der Waals surface area contributed by atoms with Crippen LogP contribution >= 0.6 is 11.3 Å². The van der Waals surface area contributed by atoms with Crippen molar-refractivity contribution in [1.29, 1.82) is 0 Å². The van der Waals surface area contributed by atoms with Gasteiger partial charge in [0, 0.05) is 12.6 Å². The molecule has 0 unspecified atom stereocenters. The number of nitrogens with zero attached hydrogens (tertiary/aromatic N) is 2. The smallest absolute Gasteiger partial charge is 0.194 e. The second kappa shape index (κ2) is 3.06. The minimum absolute atomic E-state index is 0.750. The zero-order valence-corrected chi connectivity index (χ0v) is 7.39. The normalized spacial score (nSPS) is 10.4. The average Bonchev–Trinajstić information content (AvgIpc) is 2.75. The lowest BCUT2D eigenvalue weighted by molar-refractivity contribution is 0.502. The highest BCUT2D eigenvalue weighted by atomic mass is 32.1. The van der Waals surface area contributed by atoms with Crippen molar-refractivity contribution < 1.29 is 4.42 Å². The summed E-state index contributed by atoms with van der Waals surface area (Å²) < 4.78 is 5.18. The molecular weight excluding hydrogens is 172 g/mol. The van der Waals surface area contributed by atoms with Crippen LogP contribution < -0.4 is 0 Å². The first-order chi connectivity index (χ1) is 5.90. The number of oxazole rings is 1. The standard InChI is InChI=1S/C8H7N2OS/c1-2-7-10-6(5-11-7)8-9-3-4-12-8/h3,5H,2H2,1H3. The Bertz CT molecular complexity index is 353. The van der Waals surface area contributed by atoms with Crippen molar-refractivity contribution in [3.05, 3.63) is 23.7 Å². The topological polar surface area (TPSA) is 38.9 Å². The molecule has 0 atom stereocenters. The van der Waals surface area contributed by atoms with Gasteiger partial charge in [-0.2, -0.15) is 0 Å². The Labute approximate surface area is 74.1 Å². The summed E-state index contributed by atoms with van der Waals surface area (Å²) in [6, 6.07) is 0. The zero-order valence-electron chi connectivity index (χ0n) is 6.57. The van der Waals surface area contributed by atoms with Crippen LogP contribution in [0.3, 0.4) is 0 Å². The Morgan fingerprint density at radius 1 is 1.67 bits per heavy atom. The molecule has 0 amide bonds. The maximum atomic E-state index is 5.18. The van der Waals surface area contributed by atoms with Crippen molar-refractivity contribution in [2.45, 2.75) is 13.3 Å². The molecule has 0 aliphatic heterocycles. The molecule has 2 aromatic rings. The summed E-state index contributed by atoms with van der Waals surface area (Å²) in [7, 11) is 0. The number of rotatable bonds is 2. The van der Waals surface area contributed by atoms with Gasteiger partial charge in [-0.15, -0.1) is 11.3 Å². The summed E-state index contributed by atoms with van der Waals surface area (Å²) in [4.78, 5) is 8.31. The number of aryl methyl sites for hydroxylation is 1. The molecule has 2 aromatic heterocycles. The third-order valence-corrected chi connectivity index (χ3v) is 2.19. The van der Waals surface area contributed by atoms with E-state index in [1.807, 2.05) is 6.92 Å². The van der Waals surface area contributed by atoms with E-state index < -0.39 is 0 Å².